The van der Waals surface area contributed by atoms with Crippen molar-refractivity contribution in [1.29, 1.82) is 0 Å². The van der Waals surface area contributed by atoms with Gasteiger partial charge in [0.2, 0.25) is 0 Å². The molecule has 0 unspecified atom stereocenters. The maximum absolute atomic E-state index is 12.4. The third-order valence-corrected chi connectivity index (χ3v) is 4.09. The zero-order chi connectivity index (χ0) is 18.0. The number of furan rings is 1. The van der Waals surface area contributed by atoms with Gasteiger partial charge in [-0.05, 0) is 30.7 Å². The molecule has 0 atom stereocenters. The van der Waals surface area contributed by atoms with Crippen molar-refractivity contribution >= 4 is 40.2 Å². The summed E-state index contributed by atoms with van der Waals surface area (Å²) in [6, 6.07) is 11.8. The van der Waals surface area contributed by atoms with E-state index in [4.69, 9.17) is 21.8 Å². The number of carbonyl (C=O) groups is 2. The van der Waals surface area contributed by atoms with Crippen molar-refractivity contribution in [2.24, 2.45) is 5.73 Å². The Morgan fingerprint density at radius 2 is 1.88 bits per heavy atom. The minimum atomic E-state index is -0.625. The lowest BCUT2D eigenvalue weighted by molar-refractivity contribution is 0.0924. The summed E-state index contributed by atoms with van der Waals surface area (Å²) in [5.41, 5.74) is 7.77. The van der Waals surface area contributed by atoms with Gasteiger partial charge < -0.3 is 20.8 Å². The maximum Gasteiger partial charge on any atom is 0.316 e. The van der Waals surface area contributed by atoms with Gasteiger partial charge in [-0.1, -0.05) is 35.9 Å². The fraction of sp³-hybridized carbons (Fsp3) is 0.111. The van der Waals surface area contributed by atoms with Crippen LogP contribution in [0.25, 0.3) is 11.0 Å². The second-order valence-electron chi connectivity index (χ2n) is 5.54. The Morgan fingerprint density at radius 3 is 2.52 bits per heavy atom. The van der Waals surface area contributed by atoms with Gasteiger partial charge in [-0.15, -0.1) is 0 Å². The van der Waals surface area contributed by atoms with Gasteiger partial charge in [0.25, 0.3) is 5.91 Å². The highest BCUT2D eigenvalue weighted by atomic mass is 35.5. The number of anilines is 1. The van der Waals surface area contributed by atoms with E-state index < -0.39 is 6.03 Å². The van der Waals surface area contributed by atoms with Crippen molar-refractivity contribution in [3.63, 3.8) is 0 Å². The van der Waals surface area contributed by atoms with E-state index in [0.717, 1.165) is 16.5 Å². The first-order chi connectivity index (χ1) is 12.0. The SMILES string of the molecule is Cc1c(C(=O)NCc2ccc(NC(N)=O)cc2)oc2c(Cl)cccc12. The van der Waals surface area contributed by atoms with Crippen molar-refractivity contribution in [3.8, 4) is 0 Å². The first-order valence-corrected chi connectivity index (χ1v) is 7.94. The molecule has 128 valence electrons. The molecule has 1 aromatic heterocycles. The summed E-state index contributed by atoms with van der Waals surface area (Å²) in [4.78, 5) is 23.2. The first-order valence-electron chi connectivity index (χ1n) is 7.57. The summed E-state index contributed by atoms with van der Waals surface area (Å²) >= 11 is 6.11. The van der Waals surface area contributed by atoms with Crippen molar-refractivity contribution in [3.05, 3.63) is 64.4 Å². The number of urea groups is 1. The zero-order valence-corrected chi connectivity index (χ0v) is 14.2. The van der Waals surface area contributed by atoms with Gasteiger partial charge in [0, 0.05) is 23.2 Å². The fourth-order valence-electron chi connectivity index (χ4n) is 2.54. The van der Waals surface area contributed by atoms with E-state index in [0.29, 0.717) is 22.8 Å². The molecule has 2 aromatic carbocycles. The summed E-state index contributed by atoms with van der Waals surface area (Å²) < 4.78 is 5.64. The molecule has 6 nitrogen and oxygen atoms in total. The van der Waals surface area contributed by atoms with Crippen molar-refractivity contribution < 1.29 is 14.0 Å². The zero-order valence-electron chi connectivity index (χ0n) is 13.4. The largest absolute Gasteiger partial charge is 0.449 e. The number of aryl methyl sites for hydroxylation is 1. The molecule has 0 radical (unpaired) electrons. The Bertz CT molecular complexity index is 948. The number of primary amides is 1. The molecule has 7 heteroatoms. The van der Waals surface area contributed by atoms with Crippen LogP contribution in [0.5, 0.6) is 0 Å². The summed E-state index contributed by atoms with van der Waals surface area (Å²) in [6.45, 7) is 2.14. The van der Waals surface area contributed by atoms with Crippen LogP contribution in [-0.4, -0.2) is 11.9 Å². The normalized spacial score (nSPS) is 10.6. The number of fused-ring (bicyclic) bond motifs is 1. The molecule has 3 amide bonds. The van der Waals surface area contributed by atoms with Crippen molar-refractivity contribution in [2.75, 3.05) is 5.32 Å². The lowest BCUT2D eigenvalue weighted by atomic mass is 10.1. The fourth-order valence-corrected chi connectivity index (χ4v) is 2.75. The number of hydrogen-bond donors (Lipinski definition) is 3. The van der Waals surface area contributed by atoms with Crippen LogP contribution in [0.3, 0.4) is 0 Å². The lowest BCUT2D eigenvalue weighted by Crippen LogP contribution is -2.23. The number of rotatable bonds is 4. The Balaban J connectivity index is 1.71. The summed E-state index contributed by atoms with van der Waals surface area (Å²) in [5, 5.41) is 6.57. The summed E-state index contributed by atoms with van der Waals surface area (Å²) in [6.07, 6.45) is 0. The average molecular weight is 358 g/mol. The van der Waals surface area contributed by atoms with Crippen LogP contribution in [0.4, 0.5) is 10.5 Å². The topological polar surface area (TPSA) is 97.4 Å². The molecule has 0 aliphatic rings. The van der Waals surface area contributed by atoms with Crippen molar-refractivity contribution in [2.45, 2.75) is 13.5 Å². The number of nitrogens with two attached hydrogens (primary N) is 1. The Labute approximate surface area is 148 Å². The quantitative estimate of drug-likeness (QED) is 0.662. The van der Waals surface area contributed by atoms with Crippen LogP contribution in [0.2, 0.25) is 5.02 Å². The minimum Gasteiger partial charge on any atom is -0.449 e. The van der Waals surface area contributed by atoms with Gasteiger partial charge in [0.1, 0.15) is 0 Å². The summed E-state index contributed by atoms with van der Waals surface area (Å²) in [7, 11) is 0. The van der Waals surface area contributed by atoms with Gasteiger partial charge in [-0.25, -0.2) is 4.79 Å². The van der Waals surface area contributed by atoms with E-state index in [1.54, 1.807) is 30.3 Å². The predicted molar refractivity (Wildman–Crippen MR) is 96.8 cm³/mol. The van der Waals surface area contributed by atoms with E-state index in [9.17, 15) is 9.59 Å². The monoisotopic (exact) mass is 357 g/mol. The van der Waals surface area contributed by atoms with E-state index in [1.807, 2.05) is 19.1 Å². The third kappa shape index (κ3) is 3.59. The molecule has 0 saturated carbocycles. The molecule has 25 heavy (non-hydrogen) atoms. The van der Waals surface area contributed by atoms with Crippen LogP contribution in [0, 0.1) is 6.92 Å². The first kappa shape index (κ1) is 16.9. The van der Waals surface area contributed by atoms with Crippen LogP contribution < -0.4 is 16.4 Å². The molecule has 0 bridgehead atoms. The molecule has 0 aliphatic carbocycles. The number of amides is 3. The Kier molecular flexibility index (Phi) is 4.63. The summed E-state index contributed by atoms with van der Waals surface area (Å²) in [5.74, 6) is -0.0702. The number of halogens is 1. The highest BCUT2D eigenvalue weighted by Gasteiger charge is 2.18. The van der Waals surface area contributed by atoms with Gasteiger partial charge in [-0.2, -0.15) is 0 Å². The third-order valence-electron chi connectivity index (χ3n) is 3.80. The molecule has 4 N–H and O–H groups in total. The van der Waals surface area contributed by atoms with E-state index in [1.165, 1.54) is 0 Å². The van der Waals surface area contributed by atoms with Crippen molar-refractivity contribution in [1.82, 2.24) is 5.32 Å². The van der Waals surface area contributed by atoms with Gasteiger partial charge >= 0.3 is 6.03 Å². The number of hydrogen-bond acceptors (Lipinski definition) is 3. The van der Waals surface area contributed by atoms with Crippen LogP contribution >= 0.6 is 11.6 Å². The number of carbonyl (C=O) groups excluding carboxylic acids is 2. The molecular weight excluding hydrogens is 342 g/mol. The molecule has 0 saturated heterocycles. The highest BCUT2D eigenvalue weighted by Crippen LogP contribution is 2.30. The minimum absolute atomic E-state index is 0.245. The predicted octanol–water partition coefficient (Wildman–Crippen LogP) is 3.82. The Morgan fingerprint density at radius 1 is 1.16 bits per heavy atom. The van der Waals surface area contributed by atoms with Crippen LogP contribution in [-0.2, 0) is 6.54 Å². The molecule has 3 rings (SSSR count). The van der Waals surface area contributed by atoms with Gasteiger partial charge in [0.05, 0.1) is 5.02 Å². The lowest BCUT2D eigenvalue weighted by Gasteiger charge is -2.06. The van der Waals surface area contributed by atoms with E-state index in [-0.39, 0.29) is 11.7 Å². The molecule has 0 fully saturated rings. The van der Waals surface area contributed by atoms with Gasteiger partial charge in [0.15, 0.2) is 11.3 Å². The second kappa shape index (κ2) is 6.86. The smallest absolute Gasteiger partial charge is 0.316 e. The number of para-hydroxylation sites is 1. The maximum atomic E-state index is 12.4. The number of benzene rings is 2. The van der Waals surface area contributed by atoms with E-state index >= 15 is 0 Å². The highest BCUT2D eigenvalue weighted by molar-refractivity contribution is 6.35. The molecule has 0 aliphatic heterocycles. The molecular formula is C18H16ClN3O3. The second-order valence-corrected chi connectivity index (χ2v) is 5.95. The van der Waals surface area contributed by atoms with E-state index in [2.05, 4.69) is 10.6 Å². The Hall–Kier alpha value is -2.99. The van der Waals surface area contributed by atoms with Crippen LogP contribution in [0.15, 0.2) is 46.9 Å². The van der Waals surface area contributed by atoms with Gasteiger partial charge in [-0.3, -0.25) is 4.79 Å². The standard InChI is InChI=1S/C18H16ClN3O3/c1-10-13-3-2-4-14(19)16(13)25-15(10)17(23)21-9-11-5-7-12(8-6-11)22-18(20)24/h2-8H,9H2,1H3,(H,21,23)(H3,20,22,24). The molecule has 0 spiro atoms. The van der Waals surface area contributed by atoms with Crippen LogP contribution in [0.1, 0.15) is 21.7 Å². The number of nitrogens with one attached hydrogen (secondary N) is 2. The average Bonchev–Trinajstić information content (AvgIpc) is 2.92. The molecule has 1 heterocycles. The molecule has 3 aromatic rings.